The average Bonchev–Trinajstić information content (AvgIpc) is 2.77. The van der Waals surface area contributed by atoms with Gasteiger partial charge in [-0.1, -0.05) is 0 Å². The zero-order chi connectivity index (χ0) is 13.2. The molecule has 2 rings (SSSR count). The summed E-state index contributed by atoms with van der Waals surface area (Å²) < 4.78 is 7.01. The topological polar surface area (TPSA) is 69.0 Å². The molecule has 0 bridgehead atoms. The Labute approximate surface area is 107 Å². The van der Waals surface area contributed by atoms with E-state index in [4.69, 9.17) is 4.74 Å². The number of rotatable bonds is 2. The number of aromatic nitrogens is 3. The van der Waals surface area contributed by atoms with Crippen LogP contribution in [0.25, 0.3) is 0 Å². The molecule has 0 atom stereocenters. The Hall–Kier alpha value is -1.43. The highest BCUT2D eigenvalue weighted by Gasteiger charge is 2.23. The quantitative estimate of drug-likeness (QED) is 0.800. The van der Waals surface area contributed by atoms with Crippen LogP contribution >= 0.6 is 0 Å². The Bertz CT molecular complexity index is 416. The van der Waals surface area contributed by atoms with Gasteiger partial charge in [-0.05, 0) is 46.7 Å². The van der Waals surface area contributed by atoms with Crippen LogP contribution in [0.5, 0.6) is 0 Å². The average molecular weight is 252 g/mol. The highest BCUT2D eigenvalue weighted by atomic mass is 16.6. The summed E-state index contributed by atoms with van der Waals surface area (Å²) in [6.07, 6.45) is 3.64. The summed E-state index contributed by atoms with van der Waals surface area (Å²) >= 11 is 0. The molecule has 0 radical (unpaired) electrons. The van der Waals surface area contributed by atoms with Gasteiger partial charge >= 0.3 is 5.97 Å². The molecule has 1 aliphatic heterocycles. The summed E-state index contributed by atoms with van der Waals surface area (Å²) in [5, 5.41) is 7.51. The molecule has 1 aromatic rings. The summed E-state index contributed by atoms with van der Waals surface area (Å²) in [7, 11) is 0. The first-order valence-electron chi connectivity index (χ1n) is 6.31. The van der Waals surface area contributed by atoms with Crippen molar-refractivity contribution < 1.29 is 9.53 Å². The Morgan fingerprint density at radius 1 is 1.44 bits per heavy atom. The van der Waals surface area contributed by atoms with Crippen molar-refractivity contribution in [2.45, 2.75) is 45.3 Å². The van der Waals surface area contributed by atoms with Crippen molar-refractivity contribution in [3.63, 3.8) is 0 Å². The normalized spacial score (nSPS) is 17.7. The van der Waals surface area contributed by atoms with Crippen LogP contribution in [0, 0.1) is 0 Å². The first kappa shape index (κ1) is 13.0. The molecule has 2 heterocycles. The SMILES string of the molecule is CC(C)(C)OC(=O)c1ncn(C2CCNCC2)n1. The monoisotopic (exact) mass is 252 g/mol. The number of carbonyl (C=O) groups excluding carboxylic acids is 1. The lowest BCUT2D eigenvalue weighted by Gasteiger charge is -2.22. The van der Waals surface area contributed by atoms with E-state index < -0.39 is 11.6 Å². The number of carbonyl (C=O) groups is 1. The molecule has 0 amide bonds. The van der Waals surface area contributed by atoms with E-state index in [1.54, 1.807) is 11.0 Å². The number of hydrogen-bond acceptors (Lipinski definition) is 5. The van der Waals surface area contributed by atoms with Gasteiger partial charge in [0.05, 0.1) is 6.04 Å². The molecule has 0 spiro atoms. The molecule has 6 heteroatoms. The molecule has 18 heavy (non-hydrogen) atoms. The van der Waals surface area contributed by atoms with Gasteiger partial charge in [0, 0.05) is 0 Å². The van der Waals surface area contributed by atoms with E-state index in [9.17, 15) is 4.79 Å². The lowest BCUT2D eigenvalue weighted by molar-refractivity contribution is 0.00551. The zero-order valence-electron chi connectivity index (χ0n) is 11.1. The van der Waals surface area contributed by atoms with Crippen molar-refractivity contribution in [1.29, 1.82) is 0 Å². The Morgan fingerprint density at radius 3 is 2.72 bits per heavy atom. The van der Waals surface area contributed by atoms with Gasteiger partial charge in [0.15, 0.2) is 0 Å². The predicted molar refractivity (Wildman–Crippen MR) is 66.3 cm³/mol. The summed E-state index contributed by atoms with van der Waals surface area (Å²) in [6, 6.07) is 0.329. The highest BCUT2D eigenvalue weighted by molar-refractivity contribution is 5.85. The van der Waals surface area contributed by atoms with E-state index in [2.05, 4.69) is 15.4 Å². The second-order valence-corrected chi connectivity index (χ2v) is 5.53. The van der Waals surface area contributed by atoms with Gasteiger partial charge in [0.2, 0.25) is 0 Å². The Morgan fingerprint density at radius 2 is 2.11 bits per heavy atom. The number of piperidine rings is 1. The van der Waals surface area contributed by atoms with Crippen LogP contribution in [-0.4, -0.2) is 39.4 Å². The Kier molecular flexibility index (Phi) is 3.65. The molecule has 1 N–H and O–H groups in total. The van der Waals surface area contributed by atoms with Crippen molar-refractivity contribution in [3.8, 4) is 0 Å². The van der Waals surface area contributed by atoms with E-state index in [-0.39, 0.29) is 5.82 Å². The third-order valence-electron chi connectivity index (χ3n) is 2.77. The third-order valence-corrected chi connectivity index (χ3v) is 2.77. The number of nitrogens with zero attached hydrogens (tertiary/aromatic N) is 3. The molecule has 1 saturated heterocycles. The summed E-state index contributed by atoms with van der Waals surface area (Å²) in [5.41, 5.74) is -0.517. The van der Waals surface area contributed by atoms with E-state index in [0.29, 0.717) is 6.04 Å². The minimum Gasteiger partial charge on any atom is -0.454 e. The van der Waals surface area contributed by atoms with Crippen LogP contribution in [0.3, 0.4) is 0 Å². The number of ether oxygens (including phenoxy) is 1. The zero-order valence-corrected chi connectivity index (χ0v) is 11.1. The van der Waals surface area contributed by atoms with Gasteiger partial charge in [-0.3, -0.25) is 0 Å². The van der Waals surface area contributed by atoms with Crippen molar-refractivity contribution in [2.75, 3.05) is 13.1 Å². The van der Waals surface area contributed by atoms with Gasteiger partial charge in [-0.2, -0.15) is 0 Å². The van der Waals surface area contributed by atoms with Crippen LogP contribution < -0.4 is 5.32 Å². The van der Waals surface area contributed by atoms with Crippen molar-refractivity contribution in [3.05, 3.63) is 12.2 Å². The van der Waals surface area contributed by atoms with Crippen molar-refractivity contribution in [2.24, 2.45) is 0 Å². The van der Waals surface area contributed by atoms with Crippen LogP contribution in [0.2, 0.25) is 0 Å². The fourth-order valence-electron chi connectivity index (χ4n) is 1.94. The largest absolute Gasteiger partial charge is 0.454 e. The van der Waals surface area contributed by atoms with Gasteiger partial charge < -0.3 is 10.1 Å². The molecule has 0 unspecified atom stereocenters. The lowest BCUT2D eigenvalue weighted by atomic mass is 10.1. The summed E-state index contributed by atoms with van der Waals surface area (Å²) in [4.78, 5) is 15.8. The second kappa shape index (κ2) is 5.06. The third kappa shape index (κ3) is 3.29. The number of hydrogen-bond donors (Lipinski definition) is 1. The maximum atomic E-state index is 11.8. The summed E-state index contributed by atoms with van der Waals surface area (Å²) in [5.74, 6) is -0.321. The maximum Gasteiger partial charge on any atom is 0.378 e. The molecular weight excluding hydrogens is 232 g/mol. The molecular formula is C12H20N4O2. The molecule has 1 aliphatic rings. The van der Waals surface area contributed by atoms with Gasteiger partial charge in [0.25, 0.3) is 5.82 Å². The first-order chi connectivity index (χ1) is 8.46. The molecule has 0 aromatic carbocycles. The standard InChI is InChI=1S/C12H20N4O2/c1-12(2,3)18-11(17)10-14-8-16(15-10)9-4-6-13-7-5-9/h8-9,13H,4-7H2,1-3H3. The molecule has 100 valence electrons. The molecule has 1 aromatic heterocycles. The van der Waals surface area contributed by atoms with Gasteiger partial charge in [-0.25, -0.2) is 14.5 Å². The smallest absolute Gasteiger partial charge is 0.378 e. The van der Waals surface area contributed by atoms with E-state index >= 15 is 0 Å². The summed E-state index contributed by atoms with van der Waals surface area (Å²) in [6.45, 7) is 7.44. The predicted octanol–water partition coefficient (Wildman–Crippen LogP) is 1.16. The van der Waals surface area contributed by atoms with Crippen LogP contribution in [-0.2, 0) is 4.74 Å². The lowest BCUT2D eigenvalue weighted by Crippen LogP contribution is -2.30. The van der Waals surface area contributed by atoms with Crippen LogP contribution in [0.1, 0.15) is 50.3 Å². The van der Waals surface area contributed by atoms with E-state index in [1.165, 1.54) is 0 Å². The minimum atomic E-state index is -0.517. The van der Waals surface area contributed by atoms with Gasteiger partial charge in [-0.15, -0.1) is 5.10 Å². The minimum absolute atomic E-state index is 0.142. The molecule has 0 aliphatic carbocycles. The van der Waals surface area contributed by atoms with Crippen molar-refractivity contribution in [1.82, 2.24) is 20.1 Å². The number of esters is 1. The van der Waals surface area contributed by atoms with Crippen LogP contribution in [0.15, 0.2) is 6.33 Å². The van der Waals surface area contributed by atoms with E-state index in [1.807, 2.05) is 20.8 Å². The van der Waals surface area contributed by atoms with E-state index in [0.717, 1.165) is 25.9 Å². The molecule has 0 saturated carbocycles. The first-order valence-corrected chi connectivity index (χ1v) is 6.31. The Balaban J connectivity index is 2.03. The fourth-order valence-corrected chi connectivity index (χ4v) is 1.94. The highest BCUT2D eigenvalue weighted by Crippen LogP contribution is 2.17. The second-order valence-electron chi connectivity index (χ2n) is 5.53. The molecule has 1 fully saturated rings. The number of nitrogens with one attached hydrogen (secondary N) is 1. The molecule has 6 nitrogen and oxygen atoms in total. The van der Waals surface area contributed by atoms with Crippen molar-refractivity contribution >= 4 is 5.97 Å². The maximum absolute atomic E-state index is 11.8. The van der Waals surface area contributed by atoms with Crippen LogP contribution in [0.4, 0.5) is 0 Å². The van der Waals surface area contributed by atoms with Gasteiger partial charge in [0.1, 0.15) is 11.9 Å². The fraction of sp³-hybridized carbons (Fsp3) is 0.750.